The van der Waals surface area contributed by atoms with Crippen molar-refractivity contribution in [2.75, 3.05) is 6.61 Å². The summed E-state index contributed by atoms with van der Waals surface area (Å²) in [5, 5.41) is 8.34. The van der Waals surface area contributed by atoms with Gasteiger partial charge in [0.2, 0.25) is 0 Å². The summed E-state index contributed by atoms with van der Waals surface area (Å²) in [6, 6.07) is 4.46. The van der Waals surface area contributed by atoms with E-state index in [1.165, 1.54) is 12.1 Å². The molecule has 10 heteroatoms. The van der Waals surface area contributed by atoms with Crippen molar-refractivity contribution in [3.63, 3.8) is 0 Å². The molecule has 0 aliphatic heterocycles. The van der Waals surface area contributed by atoms with Crippen molar-refractivity contribution in [1.82, 2.24) is 13.6 Å². The van der Waals surface area contributed by atoms with Gasteiger partial charge in [0.1, 0.15) is 15.9 Å². The number of nitrogens with zero attached hydrogens (tertiary/aromatic N) is 2. The van der Waals surface area contributed by atoms with E-state index in [0.717, 1.165) is 11.7 Å². The van der Waals surface area contributed by atoms with Crippen molar-refractivity contribution < 1.29 is 23.2 Å². The maximum absolute atomic E-state index is 11.8. The van der Waals surface area contributed by atoms with Crippen molar-refractivity contribution in [3.05, 3.63) is 18.2 Å². The van der Waals surface area contributed by atoms with Gasteiger partial charge in [-0.1, -0.05) is 11.0 Å². The fourth-order valence-corrected chi connectivity index (χ4v) is 2.79. The lowest BCUT2D eigenvalue weighted by Crippen LogP contribution is -2.27. The van der Waals surface area contributed by atoms with Crippen LogP contribution in [0.1, 0.15) is 0 Å². The standard InChI is InChI=1S/C8H7N3O5S2/c12-7(13)4-16-11-18(14,15)6-3-1-2-5-8(6)10-17-9-5/h1-3,11H,4H2,(H,12,13). The summed E-state index contributed by atoms with van der Waals surface area (Å²) >= 11 is 0.885. The van der Waals surface area contributed by atoms with E-state index in [0.29, 0.717) is 5.52 Å². The Bertz CT molecular complexity index is 681. The predicted molar refractivity (Wildman–Crippen MR) is 61.3 cm³/mol. The van der Waals surface area contributed by atoms with Gasteiger partial charge in [0, 0.05) is 0 Å². The number of aliphatic carboxylic acids is 1. The molecular weight excluding hydrogens is 282 g/mol. The molecule has 0 spiro atoms. The van der Waals surface area contributed by atoms with Crippen molar-refractivity contribution in [2.24, 2.45) is 0 Å². The van der Waals surface area contributed by atoms with E-state index >= 15 is 0 Å². The molecule has 1 aromatic carbocycles. The van der Waals surface area contributed by atoms with Crippen LogP contribution in [0.25, 0.3) is 11.0 Å². The lowest BCUT2D eigenvalue weighted by Gasteiger charge is -2.05. The van der Waals surface area contributed by atoms with Gasteiger partial charge in [-0.15, -0.1) is 0 Å². The average Bonchev–Trinajstić information content (AvgIpc) is 2.75. The van der Waals surface area contributed by atoms with Gasteiger partial charge in [-0.05, 0) is 12.1 Å². The molecule has 1 heterocycles. The Morgan fingerprint density at radius 3 is 2.94 bits per heavy atom. The summed E-state index contributed by atoms with van der Waals surface area (Å²) < 4.78 is 31.4. The number of carboxylic acids is 1. The number of aromatic nitrogens is 2. The van der Waals surface area contributed by atoms with Gasteiger partial charge in [-0.25, -0.2) is 13.2 Å². The summed E-state index contributed by atoms with van der Waals surface area (Å²) in [5.41, 5.74) is 0.662. The van der Waals surface area contributed by atoms with Crippen LogP contribution in [0, 0.1) is 0 Å². The van der Waals surface area contributed by atoms with E-state index < -0.39 is 22.6 Å². The zero-order valence-corrected chi connectivity index (χ0v) is 10.4. The number of hydrogen-bond donors (Lipinski definition) is 2. The number of carbonyl (C=O) groups is 1. The average molecular weight is 289 g/mol. The van der Waals surface area contributed by atoms with Gasteiger partial charge in [0.15, 0.2) is 6.61 Å². The molecule has 8 nitrogen and oxygen atoms in total. The van der Waals surface area contributed by atoms with E-state index in [4.69, 9.17) is 5.11 Å². The molecule has 2 N–H and O–H groups in total. The minimum atomic E-state index is -3.98. The van der Waals surface area contributed by atoms with Crippen LogP contribution >= 0.6 is 11.7 Å². The third-order valence-corrected chi connectivity index (χ3v) is 3.69. The monoisotopic (exact) mass is 289 g/mol. The normalized spacial score (nSPS) is 11.8. The quantitative estimate of drug-likeness (QED) is 0.743. The number of sulfonamides is 1. The number of carboxylic acid groups (broad SMARTS) is 1. The minimum absolute atomic E-state index is 0.112. The molecule has 0 fully saturated rings. The number of benzene rings is 1. The molecule has 0 bridgehead atoms. The second kappa shape index (κ2) is 4.94. The van der Waals surface area contributed by atoms with Crippen LogP contribution < -0.4 is 4.89 Å². The van der Waals surface area contributed by atoms with E-state index in [1.54, 1.807) is 11.0 Å². The molecule has 0 radical (unpaired) electrons. The number of hydrogen-bond acceptors (Lipinski definition) is 7. The van der Waals surface area contributed by atoms with Crippen molar-refractivity contribution >= 4 is 38.8 Å². The number of nitrogens with one attached hydrogen (secondary N) is 1. The highest BCUT2D eigenvalue weighted by Gasteiger charge is 2.20. The zero-order valence-electron chi connectivity index (χ0n) is 8.73. The first-order valence-corrected chi connectivity index (χ1v) is 6.79. The second-order valence-corrected chi connectivity index (χ2v) is 5.30. The van der Waals surface area contributed by atoms with Gasteiger partial charge in [0.25, 0.3) is 10.0 Å². The Morgan fingerprint density at radius 2 is 2.22 bits per heavy atom. The molecule has 0 aliphatic rings. The lowest BCUT2D eigenvalue weighted by atomic mass is 10.3. The SMILES string of the molecule is O=C(O)CONS(=O)(=O)c1cccc2nsnc12. The summed E-state index contributed by atoms with van der Waals surface area (Å²) in [4.78, 5) is 16.2. The highest BCUT2D eigenvalue weighted by Crippen LogP contribution is 2.20. The number of rotatable bonds is 5. The van der Waals surface area contributed by atoms with Gasteiger partial charge in [-0.3, -0.25) is 4.84 Å². The Balaban J connectivity index is 2.29. The Labute approximate surface area is 106 Å². The largest absolute Gasteiger partial charge is 0.479 e. The molecule has 0 saturated carbocycles. The fraction of sp³-hybridized carbons (Fsp3) is 0.125. The smallest absolute Gasteiger partial charge is 0.331 e. The van der Waals surface area contributed by atoms with Crippen molar-refractivity contribution in [3.8, 4) is 0 Å². The number of fused-ring (bicyclic) bond motifs is 1. The highest BCUT2D eigenvalue weighted by atomic mass is 32.2. The second-order valence-electron chi connectivity index (χ2n) is 3.16. The Hall–Kier alpha value is -1.62. The van der Waals surface area contributed by atoms with E-state index in [9.17, 15) is 13.2 Å². The van der Waals surface area contributed by atoms with Crippen LogP contribution in [0.5, 0.6) is 0 Å². The van der Waals surface area contributed by atoms with E-state index in [1.807, 2.05) is 0 Å². The first kappa shape index (κ1) is 12.8. The van der Waals surface area contributed by atoms with Crippen LogP contribution in [-0.2, 0) is 19.7 Å². The van der Waals surface area contributed by atoms with Crippen LogP contribution in [0.15, 0.2) is 23.1 Å². The van der Waals surface area contributed by atoms with Gasteiger partial charge in [-0.2, -0.15) is 8.75 Å². The highest BCUT2D eigenvalue weighted by molar-refractivity contribution is 7.89. The van der Waals surface area contributed by atoms with Crippen LogP contribution in [0.2, 0.25) is 0 Å². The maximum Gasteiger partial charge on any atom is 0.331 e. The molecule has 0 saturated heterocycles. The molecule has 96 valence electrons. The van der Waals surface area contributed by atoms with E-state index in [2.05, 4.69) is 13.6 Å². The predicted octanol–water partition coefficient (Wildman–Crippen LogP) is -0.0142. The van der Waals surface area contributed by atoms with Gasteiger partial charge < -0.3 is 5.11 Å². The van der Waals surface area contributed by atoms with Crippen molar-refractivity contribution in [2.45, 2.75) is 4.90 Å². The Kier molecular flexibility index (Phi) is 3.52. The van der Waals surface area contributed by atoms with Gasteiger partial charge in [0.05, 0.1) is 11.7 Å². The molecule has 2 rings (SSSR count). The summed E-state index contributed by atoms with van der Waals surface area (Å²) in [6.07, 6.45) is 0. The summed E-state index contributed by atoms with van der Waals surface area (Å²) in [6.45, 7) is -0.773. The molecule has 18 heavy (non-hydrogen) atoms. The molecule has 2 aromatic rings. The maximum atomic E-state index is 11.8. The first-order chi connectivity index (χ1) is 8.50. The van der Waals surface area contributed by atoms with Crippen molar-refractivity contribution in [1.29, 1.82) is 0 Å². The summed E-state index contributed by atoms with van der Waals surface area (Å²) in [7, 11) is -3.98. The molecular formula is C8H7N3O5S2. The summed E-state index contributed by atoms with van der Waals surface area (Å²) in [5.74, 6) is -1.29. The van der Waals surface area contributed by atoms with E-state index in [-0.39, 0.29) is 10.4 Å². The van der Waals surface area contributed by atoms with Crippen LogP contribution in [0.4, 0.5) is 0 Å². The minimum Gasteiger partial charge on any atom is -0.479 e. The fourth-order valence-electron chi connectivity index (χ4n) is 1.21. The van der Waals surface area contributed by atoms with Crippen LogP contribution in [0.3, 0.4) is 0 Å². The lowest BCUT2D eigenvalue weighted by molar-refractivity contribution is -0.143. The molecule has 0 unspecified atom stereocenters. The third kappa shape index (κ3) is 2.61. The molecule has 0 amide bonds. The Morgan fingerprint density at radius 1 is 1.44 bits per heavy atom. The molecule has 1 aromatic heterocycles. The van der Waals surface area contributed by atoms with Gasteiger partial charge >= 0.3 is 5.97 Å². The third-order valence-electron chi connectivity index (χ3n) is 1.90. The van der Waals surface area contributed by atoms with Crippen LogP contribution in [-0.4, -0.2) is 34.8 Å². The zero-order chi connectivity index (χ0) is 13.2. The topological polar surface area (TPSA) is 118 Å². The molecule has 0 atom stereocenters. The first-order valence-electron chi connectivity index (χ1n) is 4.57. The molecule has 0 aliphatic carbocycles.